The highest BCUT2D eigenvalue weighted by atomic mass is 32.2. The highest BCUT2D eigenvalue weighted by molar-refractivity contribution is 8.01. The van der Waals surface area contributed by atoms with E-state index in [0.717, 1.165) is 11.4 Å². The van der Waals surface area contributed by atoms with Gasteiger partial charge in [0, 0.05) is 11.4 Å². The van der Waals surface area contributed by atoms with E-state index >= 15 is 0 Å². The van der Waals surface area contributed by atoms with E-state index in [1.54, 1.807) is 4.40 Å². The molecule has 1 aliphatic rings. The van der Waals surface area contributed by atoms with E-state index in [9.17, 15) is 13.5 Å². The molecule has 0 aromatic carbocycles. The summed E-state index contributed by atoms with van der Waals surface area (Å²) in [5, 5.41) is 18.0. The maximum Gasteiger partial charge on any atom is 0.256 e. The SMILES string of the molecule is Cc1cc(C)n2c(S[C@@H]3CS(=O)(=O)C[C@@H]3O)nnc2n1. The summed E-state index contributed by atoms with van der Waals surface area (Å²) in [7, 11) is -3.16. The van der Waals surface area contributed by atoms with Crippen LogP contribution in [0, 0.1) is 13.8 Å². The van der Waals surface area contributed by atoms with Gasteiger partial charge in [-0.15, -0.1) is 10.2 Å². The maximum atomic E-state index is 11.5. The molecule has 9 heteroatoms. The largest absolute Gasteiger partial charge is 0.391 e. The first-order valence-corrected chi connectivity index (χ1v) is 8.80. The fourth-order valence-corrected chi connectivity index (χ4v) is 5.89. The normalized spacial score (nSPS) is 25.4. The van der Waals surface area contributed by atoms with Crippen LogP contribution in [-0.2, 0) is 9.84 Å². The van der Waals surface area contributed by atoms with Crippen molar-refractivity contribution in [1.82, 2.24) is 19.6 Å². The van der Waals surface area contributed by atoms with E-state index in [4.69, 9.17) is 0 Å². The lowest BCUT2D eigenvalue weighted by atomic mass is 10.3. The van der Waals surface area contributed by atoms with Gasteiger partial charge >= 0.3 is 0 Å². The van der Waals surface area contributed by atoms with Crippen molar-refractivity contribution < 1.29 is 13.5 Å². The minimum absolute atomic E-state index is 0.0356. The third kappa shape index (κ3) is 2.40. The van der Waals surface area contributed by atoms with Crippen molar-refractivity contribution in [1.29, 1.82) is 0 Å². The number of nitrogens with zero attached hydrogens (tertiary/aromatic N) is 4. The fraction of sp³-hybridized carbons (Fsp3) is 0.545. The number of aliphatic hydroxyl groups excluding tert-OH is 1. The molecule has 1 N–H and O–H groups in total. The molecule has 108 valence electrons. The second-order valence-corrected chi connectivity index (χ2v) is 8.32. The van der Waals surface area contributed by atoms with Crippen molar-refractivity contribution in [3.8, 4) is 0 Å². The number of hydrogen-bond donors (Lipinski definition) is 1. The Hall–Kier alpha value is -1.19. The highest BCUT2D eigenvalue weighted by Crippen LogP contribution is 2.30. The Morgan fingerprint density at radius 3 is 2.75 bits per heavy atom. The van der Waals surface area contributed by atoms with E-state index in [2.05, 4.69) is 15.2 Å². The van der Waals surface area contributed by atoms with Gasteiger partial charge in [-0.3, -0.25) is 4.40 Å². The van der Waals surface area contributed by atoms with Crippen LogP contribution >= 0.6 is 11.8 Å². The van der Waals surface area contributed by atoms with Gasteiger partial charge in [0.2, 0.25) is 0 Å². The Morgan fingerprint density at radius 2 is 2.10 bits per heavy atom. The molecule has 1 fully saturated rings. The molecule has 0 radical (unpaired) electrons. The summed E-state index contributed by atoms with van der Waals surface area (Å²) in [6.07, 6.45) is -0.865. The minimum Gasteiger partial charge on any atom is -0.391 e. The van der Waals surface area contributed by atoms with Crippen molar-refractivity contribution in [3.63, 3.8) is 0 Å². The number of sulfone groups is 1. The summed E-state index contributed by atoms with van der Waals surface area (Å²) in [5.41, 5.74) is 1.78. The molecule has 3 rings (SSSR count). The average molecular weight is 314 g/mol. The predicted molar refractivity (Wildman–Crippen MR) is 74.6 cm³/mol. The van der Waals surface area contributed by atoms with E-state index in [0.29, 0.717) is 10.9 Å². The Labute approximate surface area is 120 Å². The molecule has 2 aromatic heterocycles. The van der Waals surface area contributed by atoms with E-state index in [-0.39, 0.29) is 11.5 Å². The third-order valence-electron chi connectivity index (χ3n) is 3.19. The lowest BCUT2D eigenvalue weighted by Crippen LogP contribution is -2.20. The van der Waals surface area contributed by atoms with Gasteiger partial charge in [0.15, 0.2) is 15.0 Å². The smallest absolute Gasteiger partial charge is 0.256 e. The van der Waals surface area contributed by atoms with E-state index in [1.807, 2.05) is 19.9 Å². The molecule has 0 saturated carbocycles. The molecule has 0 spiro atoms. The van der Waals surface area contributed by atoms with Crippen molar-refractivity contribution in [3.05, 3.63) is 17.5 Å². The van der Waals surface area contributed by atoms with Gasteiger partial charge in [-0.1, -0.05) is 11.8 Å². The molecule has 20 heavy (non-hydrogen) atoms. The molecule has 1 aliphatic heterocycles. The Kier molecular flexibility index (Phi) is 3.22. The van der Waals surface area contributed by atoms with E-state index in [1.165, 1.54) is 11.8 Å². The van der Waals surface area contributed by atoms with Crippen LogP contribution < -0.4 is 0 Å². The number of aliphatic hydroxyl groups is 1. The van der Waals surface area contributed by atoms with Crippen LogP contribution in [0.1, 0.15) is 11.4 Å². The molecular formula is C11H14N4O3S2. The van der Waals surface area contributed by atoms with Crippen LogP contribution in [0.2, 0.25) is 0 Å². The zero-order valence-electron chi connectivity index (χ0n) is 11.0. The first-order valence-electron chi connectivity index (χ1n) is 6.10. The summed E-state index contributed by atoms with van der Waals surface area (Å²) in [6, 6.07) is 1.90. The molecular weight excluding hydrogens is 300 g/mol. The van der Waals surface area contributed by atoms with Crippen LogP contribution in [0.5, 0.6) is 0 Å². The van der Waals surface area contributed by atoms with Gasteiger partial charge in [0.25, 0.3) is 5.78 Å². The highest BCUT2D eigenvalue weighted by Gasteiger charge is 2.38. The van der Waals surface area contributed by atoms with Crippen molar-refractivity contribution >= 4 is 27.4 Å². The molecule has 0 amide bonds. The van der Waals surface area contributed by atoms with Gasteiger partial charge in [-0.05, 0) is 19.9 Å². The van der Waals surface area contributed by atoms with Crippen LogP contribution in [0.25, 0.3) is 5.78 Å². The van der Waals surface area contributed by atoms with Crippen molar-refractivity contribution in [2.75, 3.05) is 11.5 Å². The topological polar surface area (TPSA) is 97.5 Å². The molecule has 0 aliphatic carbocycles. The quantitative estimate of drug-likeness (QED) is 0.832. The number of fused-ring (bicyclic) bond motifs is 1. The standard InChI is InChI=1S/C11H14N4O3S2/c1-6-3-7(2)15-10(12-6)13-14-11(15)19-9-5-20(17,18)4-8(9)16/h3,8-9,16H,4-5H2,1-2H3/t8-,9+/m0/s1. The molecule has 1 saturated heterocycles. The zero-order valence-corrected chi connectivity index (χ0v) is 12.6. The monoisotopic (exact) mass is 314 g/mol. The molecule has 2 aromatic rings. The Morgan fingerprint density at radius 1 is 1.35 bits per heavy atom. The zero-order chi connectivity index (χ0) is 14.5. The number of hydrogen-bond acceptors (Lipinski definition) is 7. The van der Waals surface area contributed by atoms with Crippen LogP contribution in [0.4, 0.5) is 0 Å². The van der Waals surface area contributed by atoms with Crippen LogP contribution in [0.15, 0.2) is 11.2 Å². The third-order valence-corrected chi connectivity index (χ3v) is 6.38. The molecule has 3 heterocycles. The Bertz CT molecular complexity index is 771. The summed E-state index contributed by atoms with van der Waals surface area (Å²) in [4.78, 5) is 4.27. The van der Waals surface area contributed by atoms with Crippen LogP contribution in [-0.4, -0.2) is 56.0 Å². The number of thioether (sulfide) groups is 1. The van der Waals surface area contributed by atoms with Gasteiger partial charge in [-0.25, -0.2) is 13.4 Å². The van der Waals surface area contributed by atoms with Crippen molar-refractivity contribution in [2.24, 2.45) is 0 Å². The minimum atomic E-state index is -3.16. The lowest BCUT2D eigenvalue weighted by Gasteiger charge is -2.11. The number of aromatic nitrogens is 4. The van der Waals surface area contributed by atoms with Gasteiger partial charge in [0.1, 0.15) is 0 Å². The number of rotatable bonds is 2. The predicted octanol–water partition coefficient (Wildman–Crippen LogP) is -0.00886. The molecule has 2 atom stereocenters. The molecule has 0 unspecified atom stereocenters. The maximum absolute atomic E-state index is 11.5. The van der Waals surface area contributed by atoms with Crippen molar-refractivity contribution in [2.45, 2.75) is 30.4 Å². The second-order valence-electron chi connectivity index (χ2n) is 4.96. The summed E-state index contributed by atoms with van der Waals surface area (Å²) in [5.74, 6) is 0.268. The van der Waals surface area contributed by atoms with E-state index < -0.39 is 21.2 Å². The molecule has 0 bridgehead atoms. The summed E-state index contributed by atoms with van der Waals surface area (Å²) >= 11 is 1.24. The van der Waals surface area contributed by atoms with Gasteiger partial charge in [0.05, 0.1) is 22.9 Å². The van der Waals surface area contributed by atoms with Gasteiger partial charge < -0.3 is 5.11 Å². The van der Waals surface area contributed by atoms with Gasteiger partial charge in [-0.2, -0.15) is 0 Å². The average Bonchev–Trinajstić information content (AvgIpc) is 2.80. The molecule has 7 nitrogen and oxygen atoms in total. The number of aryl methyl sites for hydroxylation is 2. The summed E-state index contributed by atoms with van der Waals surface area (Å²) < 4.78 is 24.8. The lowest BCUT2D eigenvalue weighted by molar-refractivity contribution is 0.207. The first kappa shape index (κ1) is 13.8. The second kappa shape index (κ2) is 4.68. The Balaban J connectivity index is 1.96. The van der Waals surface area contributed by atoms with Crippen LogP contribution in [0.3, 0.4) is 0 Å². The first-order chi connectivity index (χ1) is 9.35. The summed E-state index contributed by atoms with van der Waals surface area (Å²) in [6.45, 7) is 3.79. The fourth-order valence-electron chi connectivity index (χ4n) is 2.32.